The molecule has 0 atom stereocenters. The maximum absolute atomic E-state index is 12.7. The Labute approximate surface area is 131 Å². The van der Waals surface area contributed by atoms with Gasteiger partial charge in [0, 0.05) is 49.6 Å². The van der Waals surface area contributed by atoms with Crippen molar-refractivity contribution < 1.29 is 9.78 Å². The SMILES string of the molecule is Cc1ccc(C)c(C(=O)N2CCN(c3cc[nH+]cc3)CC2)c1. The quantitative estimate of drug-likeness (QED) is 0.851. The Morgan fingerprint density at radius 3 is 2.36 bits per heavy atom. The van der Waals surface area contributed by atoms with Crippen LogP contribution in [0.5, 0.6) is 0 Å². The van der Waals surface area contributed by atoms with Crippen LogP contribution in [0.25, 0.3) is 0 Å². The fourth-order valence-electron chi connectivity index (χ4n) is 2.89. The van der Waals surface area contributed by atoms with E-state index in [1.807, 2.05) is 43.3 Å². The number of carbonyl (C=O) groups is 1. The van der Waals surface area contributed by atoms with E-state index in [4.69, 9.17) is 0 Å². The van der Waals surface area contributed by atoms with Gasteiger partial charge in [0.25, 0.3) is 5.91 Å². The lowest BCUT2D eigenvalue weighted by Gasteiger charge is -2.36. The predicted molar refractivity (Wildman–Crippen MR) is 87.0 cm³/mol. The molecule has 4 heteroatoms. The summed E-state index contributed by atoms with van der Waals surface area (Å²) in [6.45, 7) is 7.32. The van der Waals surface area contributed by atoms with Crippen LogP contribution in [0, 0.1) is 13.8 Å². The molecule has 1 aliphatic rings. The molecule has 1 aromatic heterocycles. The molecule has 0 aliphatic carbocycles. The maximum atomic E-state index is 12.7. The Morgan fingerprint density at radius 1 is 1.00 bits per heavy atom. The normalized spacial score (nSPS) is 15.0. The van der Waals surface area contributed by atoms with E-state index >= 15 is 0 Å². The highest BCUT2D eigenvalue weighted by Crippen LogP contribution is 2.18. The van der Waals surface area contributed by atoms with Gasteiger partial charge in [-0.05, 0) is 25.5 Å². The number of H-pyrrole nitrogens is 1. The predicted octanol–water partition coefficient (Wildman–Crippen LogP) is 2.08. The number of aromatic amines is 1. The second kappa shape index (κ2) is 6.18. The van der Waals surface area contributed by atoms with Gasteiger partial charge in [-0.15, -0.1) is 0 Å². The second-order valence-electron chi connectivity index (χ2n) is 5.86. The zero-order valence-corrected chi connectivity index (χ0v) is 13.2. The van der Waals surface area contributed by atoms with E-state index in [-0.39, 0.29) is 5.91 Å². The van der Waals surface area contributed by atoms with Crippen LogP contribution in [0.2, 0.25) is 0 Å². The number of benzene rings is 1. The van der Waals surface area contributed by atoms with Crippen molar-refractivity contribution in [2.24, 2.45) is 0 Å². The molecule has 0 radical (unpaired) electrons. The minimum atomic E-state index is 0.155. The van der Waals surface area contributed by atoms with Gasteiger partial charge in [0.2, 0.25) is 0 Å². The van der Waals surface area contributed by atoms with Crippen LogP contribution in [0.3, 0.4) is 0 Å². The highest BCUT2D eigenvalue weighted by Gasteiger charge is 2.23. The highest BCUT2D eigenvalue weighted by atomic mass is 16.2. The third kappa shape index (κ3) is 2.96. The molecule has 0 unspecified atom stereocenters. The lowest BCUT2D eigenvalue weighted by Crippen LogP contribution is -2.49. The van der Waals surface area contributed by atoms with Crippen molar-refractivity contribution in [1.82, 2.24) is 4.90 Å². The minimum Gasteiger partial charge on any atom is -0.368 e. The number of carbonyl (C=O) groups excluding carboxylic acids is 1. The topological polar surface area (TPSA) is 37.7 Å². The van der Waals surface area contributed by atoms with Crippen LogP contribution < -0.4 is 9.88 Å². The van der Waals surface area contributed by atoms with E-state index in [1.54, 1.807) is 0 Å². The van der Waals surface area contributed by atoms with Crippen molar-refractivity contribution >= 4 is 11.6 Å². The van der Waals surface area contributed by atoms with Gasteiger partial charge in [-0.2, -0.15) is 0 Å². The van der Waals surface area contributed by atoms with E-state index in [2.05, 4.69) is 28.1 Å². The van der Waals surface area contributed by atoms with Gasteiger partial charge < -0.3 is 9.80 Å². The molecule has 2 heterocycles. The van der Waals surface area contributed by atoms with Crippen LogP contribution in [0.1, 0.15) is 21.5 Å². The molecular formula is C18H22N3O+. The number of nitrogens with one attached hydrogen (secondary N) is 1. The first-order valence-corrected chi connectivity index (χ1v) is 7.73. The summed E-state index contributed by atoms with van der Waals surface area (Å²) in [5.41, 5.74) is 4.23. The molecule has 22 heavy (non-hydrogen) atoms. The molecule has 3 rings (SSSR count). The molecule has 2 aromatic rings. The number of rotatable bonds is 2. The van der Waals surface area contributed by atoms with Crippen LogP contribution >= 0.6 is 0 Å². The standard InChI is InChI=1S/C18H21N3O/c1-14-3-4-15(2)17(13-14)18(22)21-11-9-20(10-12-21)16-5-7-19-8-6-16/h3-8,13H,9-12H2,1-2H3/p+1. The summed E-state index contributed by atoms with van der Waals surface area (Å²) in [7, 11) is 0. The molecule has 1 saturated heterocycles. The fourth-order valence-corrected chi connectivity index (χ4v) is 2.89. The Morgan fingerprint density at radius 2 is 1.68 bits per heavy atom. The number of pyridine rings is 1. The summed E-state index contributed by atoms with van der Waals surface area (Å²) in [4.78, 5) is 20.0. The first kappa shape index (κ1) is 14.6. The van der Waals surface area contributed by atoms with Crippen molar-refractivity contribution in [3.05, 3.63) is 59.4 Å². The molecule has 1 fully saturated rings. The number of piperazine rings is 1. The van der Waals surface area contributed by atoms with Crippen molar-refractivity contribution in [3.63, 3.8) is 0 Å². The van der Waals surface area contributed by atoms with Crippen LogP contribution in [0.15, 0.2) is 42.7 Å². The van der Waals surface area contributed by atoms with Gasteiger partial charge in [-0.1, -0.05) is 17.7 Å². The average Bonchev–Trinajstić information content (AvgIpc) is 2.57. The van der Waals surface area contributed by atoms with Crippen LogP contribution in [-0.4, -0.2) is 37.0 Å². The van der Waals surface area contributed by atoms with E-state index < -0.39 is 0 Å². The number of hydrogen-bond donors (Lipinski definition) is 0. The number of hydrogen-bond acceptors (Lipinski definition) is 2. The Hall–Kier alpha value is -2.36. The van der Waals surface area contributed by atoms with Gasteiger partial charge in [0.15, 0.2) is 12.4 Å². The Bertz CT molecular complexity index is 661. The van der Waals surface area contributed by atoms with E-state index in [0.717, 1.165) is 42.9 Å². The van der Waals surface area contributed by atoms with Crippen molar-refractivity contribution in [2.75, 3.05) is 31.1 Å². The number of amides is 1. The zero-order valence-electron chi connectivity index (χ0n) is 13.2. The minimum absolute atomic E-state index is 0.155. The van der Waals surface area contributed by atoms with Crippen LogP contribution in [0.4, 0.5) is 5.69 Å². The van der Waals surface area contributed by atoms with Crippen molar-refractivity contribution in [3.8, 4) is 0 Å². The average molecular weight is 296 g/mol. The molecule has 1 aliphatic heterocycles. The molecular weight excluding hydrogens is 274 g/mol. The summed E-state index contributed by atoms with van der Waals surface area (Å²) in [6, 6.07) is 10.2. The lowest BCUT2D eigenvalue weighted by atomic mass is 10.0. The number of anilines is 1. The molecule has 0 saturated carbocycles. The highest BCUT2D eigenvalue weighted by molar-refractivity contribution is 5.96. The first-order chi connectivity index (χ1) is 10.6. The molecule has 0 bridgehead atoms. The first-order valence-electron chi connectivity index (χ1n) is 7.73. The molecule has 1 aromatic carbocycles. The summed E-state index contributed by atoms with van der Waals surface area (Å²) in [6.07, 6.45) is 3.87. The van der Waals surface area contributed by atoms with Gasteiger partial charge in [0.05, 0.1) is 0 Å². The van der Waals surface area contributed by atoms with Crippen molar-refractivity contribution in [2.45, 2.75) is 13.8 Å². The van der Waals surface area contributed by atoms with Gasteiger partial charge in [-0.25, -0.2) is 4.98 Å². The van der Waals surface area contributed by atoms with Gasteiger partial charge >= 0.3 is 0 Å². The van der Waals surface area contributed by atoms with E-state index in [0.29, 0.717) is 0 Å². The molecule has 1 amide bonds. The number of nitrogens with zero attached hydrogens (tertiary/aromatic N) is 2. The summed E-state index contributed by atoms with van der Waals surface area (Å²) in [5, 5.41) is 0. The smallest absolute Gasteiger partial charge is 0.254 e. The van der Waals surface area contributed by atoms with Crippen LogP contribution in [-0.2, 0) is 0 Å². The third-order valence-corrected chi connectivity index (χ3v) is 4.26. The largest absolute Gasteiger partial charge is 0.368 e. The molecule has 4 nitrogen and oxygen atoms in total. The van der Waals surface area contributed by atoms with E-state index in [9.17, 15) is 4.79 Å². The third-order valence-electron chi connectivity index (χ3n) is 4.26. The maximum Gasteiger partial charge on any atom is 0.254 e. The Balaban J connectivity index is 1.68. The lowest BCUT2D eigenvalue weighted by molar-refractivity contribution is -0.377. The van der Waals surface area contributed by atoms with Gasteiger partial charge in [0.1, 0.15) is 0 Å². The van der Waals surface area contributed by atoms with Crippen molar-refractivity contribution in [1.29, 1.82) is 0 Å². The molecule has 1 N–H and O–H groups in total. The summed E-state index contributed by atoms with van der Waals surface area (Å²) >= 11 is 0. The van der Waals surface area contributed by atoms with E-state index in [1.165, 1.54) is 5.69 Å². The fraction of sp³-hybridized carbons (Fsp3) is 0.333. The summed E-state index contributed by atoms with van der Waals surface area (Å²) in [5.74, 6) is 0.155. The molecule has 0 spiro atoms. The second-order valence-corrected chi connectivity index (χ2v) is 5.86. The number of aryl methyl sites for hydroxylation is 2. The molecule has 114 valence electrons. The van der Waals surface area contributed by atoms with Gasteiger partial charge in [-0.3, -0.25) is 4.79 Å². The summed E-state index contributed by atoms with van der Waals surface area (Å²) < 4.78 is 0. The number of aromatic nitrogens is 1. The Kier molecular flexibility index (Phi) is 4.09. The zero-order chi connectivity index (χ0) is 15.5. The monoisotopic (exact) mass is 296 g/mol.